The van der Waals surface area contributed by atoms with Gasteiger partial charge in [0.25, 0.3) is 5.56 Å². The van der Waals surface area contributed by atoms with Crippen LogP contribution in [-0.2, 0) is 12.8 Å². The van der Waals surface area contributed by atoms with Crippen LogP contribution in [0, 0.1) is 0 Å². The molecule has 26 heavy (non-hydrogen) atoms. The van der Waals surface area contributed by atoms with Crippen LogP contribution in [0.5, 0.6) is 5.75 Å². The van der Waals surface area contributed by atoms with Crippen molar-refractivity contribution in [2.45, 2.75) is 38.0 Å². The molecule has 3 aromatic rings. The summed E-state index contributed by atoms with van der Waals surface area (Å²) in [5.41, 5.74) is 3.53. The van der Waals surface area contributed by atoms with Gasteiger partial charge >= 0.3 is 0 Å². The van der Waals surface area contributed by atoms with E-state index >= 15 is 0 Å². The number of nitrogens with zero attached hydrogens (tertiary/aromatic N) is 1. The smallest absolute Gasteiger partial charge is 0.254 e. The Hall–Kier alpha value is -2.88. The number of aryl methyl sites for hydroxylation is 2. The molecule has 1 atom stereocenters. The average Bonchev–Trinajstić information content (AvgIpc) is 2.67. The first-order valence-electron chi connectivity index (χ1n) is 9.18. The summed E-state index contributed by atoms with van der Waals surface area (Å²) in [6.07, 6.45) is 4.81. The number of aromatic amines is 1. The summed E-state index contributed by atoms with van der Waals surface area (Å²) < 4.78 is 0. The van der Waals surface area contributed by atoms with Crippen LogP contribution in [0.2, 0.25) is 0 Å². The van der Waals surface area contributed by atoms with Crippen LogP contribution in [0.4, 0.5) is 0 Å². The molecule has 4 rings (SSSR count). The summed E-state index contributed by atoms with van der Waals surface area (Å²) in [7, 11) is 0. The highest BCUT2D eigenvalue weighted by Gasteiger charge is 2.25. The highest BCUT2D eigenvalue weighted by Crippen LogP contribution is 2.33. The maximum atomic E-state index is 12.8. The lowest BCUT2D eigenvalue weighted by molar-refractivity contribution is 0.476. The van der Waals surface area contributed by atoms with Crippen LogP contribution in [0.1, 0.15) is 42.0 Å². The van der Waals surface area contributed by atoms with Crippen LogP contribution < -0.4 is 5.56 Å². The Balaban J connectivity index is 1.64. The topological polar surface area (TPSA) is 66.0 Å². The van der Waals surface area contributed by atoms with Gasteiger partial charge in [-0.25, -0.2) is 4.98 Å². The Morgan fingerprint density at radius 1 is 1.08 bits per heavy atom. The number of para-hydroxylation sites is 1. The van der Waals surface area contributed by atoms with Gasteiger partial charge in [-0.05, 0) is 55.7 Å². The van der Waals surface area contributed by atoms with Crippen molar-refractivity contribution in [1.29, 1.82) is 0 Å². The third-order valence-electron chi connectivity index (χ3n) is 5.19. The second-order valence-electron chi connectivity index (χ2n) is 6.91. The van der Waals surface area contributed by atoms with Gasteiger partial charge in [-0.1, -0.05) is 42.5 Å². The predicted octanol–water partition coefficient (Wildman–Crippen LogP) is 4.20. The Labute approximate surface area is 152 Å². The third-order valence-corrected chi connectivity index (χ3v) is 5.19. The molecule has 0 amide bonds. The van der Waals surface area contributed by atoms with Crippen molar-refractivity contribution in [3.63, 3.8) is 0 Å². The fourth-order valence-electron chi connectivity index (χ4n) is 3.88. The maximum Gasteiger partial charge on any atom is 0.254 e. The molecule has 1 unspecified atom stereocenters. The van der Waals surface area contributed by atoms with E-state index in [1.54, 1.807) is 18.2 Å². The molecule has 2 aromatic carbocycles. The lowest BCUT2D eigenvalue weighted by Crippen LogP contribution is -2.25. The normalized spacial score (nSPS) is 16.2. The first-order valence-corrected chi connectivity index (χ1v) is 9.18. The summed E-state index contributed by atoms with van der Waals surface area (Å²) in [6, 6.07) is 17.4. The maximum absolute atomic E-state index is 12.8. The number of rotatable bonds is 4. The summed E-state index contributed by atoms with van der Waals surface area (Å²) in [6.45, 7) is 0. The molecule has 1 heterocycles. The number of hydrogen-bond acceptors (Lipinski definition) is 3. The van der Waals surface area contributed by atoms with Gasteiger partial charge in [0, 0.05) is 5.56 Å². The molecule has 4 nitrogen and oxygen atoms in total. The Bertz CT molecular complexity index is 963. The van der Waals surface area contributed by atoms with Crippen LogP contribution in [0.3, 0.4) is 0 Å². The third kappa shape index (κ3) is 3.27. The van der Waals surface area contributed by atoms with Crippen molar-refractivity contribution in [3.8, 4) is 17.1 Å². The van der Waals surface area contributed by atoms with Gasteiger partial charge in [-0.15, -0.1) is 0 Å². The van der Waals surface area contributed by atoms with E-state index in [1.807, 2.05) is 12.1 Å². The standard InChI is InChI=1S/C22H22N2O2/c25-19-12-5-4-10-17(19)21-23-18-11-6-9-16(20(18)22(26)24-21)14-13-15-7-2-1-3-8-15/h1-5,7-8,10,12,16,25H,6,9,11,13-14H2,(H,23,24,26). The Morgan fingerprint density at radius 2 is 1.85 bits per heavy atom. The molecule has 2 N–H and O–H groups in total. The van der Waals surface area contributed by atoms with Gasteiger partial charge in [0.1, 0.15) is 11.6 Å². The Morgan fingerprint density at radius 3 is 2.65 bits per heavy atom. The highest BCUT2D eigenvalue weighted by atomic mass is 16.3. The van der Waals surface area contributed by atoms with E-state index in [9.17, 15) is 9.90 Å². The number of nitrogens with one attached hydrogen (secondary N) is 1. The van der Waals surface area contributed by atoms with Gasteiger partial charge in [0.05, 0.1) is 11.3 Å². The zero-order valence-corrected chi connectivity index (χ0v) is 14.6. The van der Waals surface area contributed by atoms with Crippen molar-refractivity contribution in [2.75, 3.05) is 0 Å². The fourth-order valence-corrected chi connectivity index (χ4v) is 3.88. The molecule has 0 aliphatic heterocycles. The molecule has 0 saturated carbocycles. The second-order valence-corrected chi connectivity index (χ2v) is 6.91. The number of hydrogen-bond donors (Lipinski definition) is 2. The number of H-pyrrole nitrogens is 1. The van der Waals surface area contributed by atoms with Crippen LogP contribution in [0.15, 0.2) is 59.4 Å². The summed E-state index contributed by atoms with van der Waals surface area (Å²) in [4.78, 5) is 20.4. The van der Waals surface area contributed by atoms with Crippen molar-refractivity contribution >= 4 is 0 Å². The minimum Gasteiger partial charge on any atom is -0.507 e. The van der Waals surface area contributed by atoms with Crippen molar-refractivity contribution < 1.29 is 5.11 Å². The summed E-state index contributed by atoms with van der Waals surface area (Å²) in [5.74, 6) is 0.830. The van der Waals surface area contributed by atoms with Gasteiger partial charge in [0.15, 0.2) is 0 Å². The van der Waals surface area contributed by atoms with Gasteiger partial charge in [-0.3, -0.25) is 4.79 Å². The number of phenols is 1. The lowest BCUT2D eigenvalue weighted by Gasteiger charge is -2.24. The van der Waals surface area contributed by atoms with Gasteiger partial charge in [-0.2, -0.15) is 0 Å². The molecule has 0 spiro atoms. The number of fused-ring (bicyclic) bond motifs is 1. The molecular weight excluding hydrogens is 324 g/mol. The molecule has 0 fully saturated rings. The molecule has 4 heteroatoms. The number of aromatic nitrogens is 2. The molecule has 0 saturated heterocycles. The van der Waals surface area contributed by atoms with E-state index in [4.69, 9.17) is 4.98 Å². The molecule has 132 valence electrons. The van der Waals surface area contributed by atoms with Crippen LogP contribution >= 0.6 is 0 Å². The number of benzene rings is 2. The molecule has 1 aliphatic carbocycles. The van der Waals surface area contributed by atoms with Crippen molar-refractivity contribution in [1.82, 2.24) is 9.97 Å². The summed E-state index contributed by atoms with van der Waals surface area (Å²) in [5, 5.41) is 10.1. The zero-order valence-electron chi connectivity index (χ0n) is 14.6. The van der Waals surface area contributed by atoms with E-state index in [2.05, 4.69) is 29.2 Å². The number of phenolic OH excluding ortho intramolecular Hbond substituents is 1. The van der Waals surface area contributed by atoms with Crippen LogP contribution in [-0.4, -0.2) is 15.1 Å². The molecule has 1 aromatic heterocycles. The van der Waals surface area contributed by atoms with E-state index in [0.29, 0.717) is 11.4 Å². The van der Waals surface area contributed by atoms with Crippen LogP contribution in [0.25, 0.3) is 11.4 Å². The second kappa shape index (κ2) is 7.16. The minimum atomic E-state index is -0.0639. The fraction of sp³-hybridized carbons (Fsp3) is 0.273. The minimum absolute atomic E-state index is 0.0639. The monoisotopic (exact) mass is 346 g/mol. The molecule has 1 aliphatic rings. The first-order chi connectivity index (χ1) is 12.7. The van der Waals surface area contributed by atoms with E-state index in [-0.39, 0.29) is 17.2 Å². The Kier molecular flexibility index (Phi) is 4.57. The predicted molar refractivity (Wildman–Crippen MR) is 102 cm³/mol. The average molecular weight is 346 g/mol. The van der Waals surface area contributed by atoms with Crippen molar-refractivity contribution in [3.05, 3.63) is 81.8 Å². The lowest BCUT2D eigenvalue weighted by atomic mass is 9.82. The van der Waals surface area contributed by atoms with Gasteiger partial charge in [0.2, 0.25) is 0 Å². The van der Waals surface area contributed by atoms with E-state index < -0.39 is 0 Å². The van der Waals surface area contributed by atoms with Gasteiger partial charge < -0.3 is 10.1 Å². The largest absolute Gasteiger partial charge is 0.507 e. The van der Waals surface area contributed by atoms with E-state index in [1.165, 1.54) is 5.56 Å². The molecule has 0 bridgehead atoms. The number of aromatic hydroxyl groups is 1. The van der Waals surface area contributed by atoms with Crippen molar-refractivity contribution in [2.24, 2.45) is 0 Å². The SMILES string of the molecule is O=c1[nH]c(-c2ccccc2O)nc2c1C(CCc1ccccc1)CCC2. The highest BCUT2D eigenvalue weighted by molar-refractivity contribution is 5.63. The molecular formula is C22H22N2O2. The zero-order chi connectivity index (χ0) is 17.9. The summed E-state index contributed by atoms with van der Waals surface area (Å²) >= 11 is 0. The van der Waals surface area contributed by atoms with E-state index in [0.717, 1.165) is 43.4 Å². The quantitative estimate of drug-likeness (QED) is 0.744. The molecule has 0 radical (unpaired) electrons. The first kappa shape index (κ1) is 16.6.